The van der Waals surface area contributed by atoms with Crippen LogP contribution >= 0.6 is 11.9 Å². The Bertz CT molecular complexity index is 914. The number of rotatable bonds is 5. The molecule has 0 aliphatic rings. The number of alkyl halides is 3. The fourth-order valence-corrected chi connectivity index (χ4v) is 2.91. The van der Waals surface area contributed by atoms with E-state index in [0.717, 1.165) is 22.7 Å². The van der Waals surface area contributed by atoms with E-state index in [4.69, 9.17) is 0 Å². The Morgan fingerprint density at radius 1 is 0.714 bits per heavy atom. The standard InChI is InChI=1S/C20H16F3N3OS/c21-20(22,23)14-6-8-15(9-7-14)24-19(27)25-16-10-12-18(13-11-16)28-26-17-4-2-1-3-5-17/h1-13,26H,(H2,24,25,27). The summed E-state index contributed by atoms with van der Waals surface area (Å²) in [6.45, 7) is 0. The molecule has 2 amide bonds. The van der Waals surface area contributed by atoms with E-state index >= 15 is 0 Å². The highest BCUT2D eigenvalue weighted by Gasteiger charge is 2.29. The van der Waals surface area contributed by atoms with Gasteiger partial charge in [0.25, 0.3) is 0 Å². The van der Waals surface area contributed by atoms with Crippen LogP contribution in [0.4, 0.5) is 35.0 Å². The molecule has 0 aliphatic heterocycles. The van der Waals surface area contributed by atoms with E-state index in [1.165, 1.54) is 24.1 Å². The average Bonchev–Trinajstić information content (AvgIpc) is 2.68. The number of benzene rings is 3. The second kappa shape index (κ2) is 8.71. The van der Waals surface area contributed by atoms with Crippen LogP contribution in [0.5, 0.6) is 0 Å². The summed E-state index contributed by atoms with van der Waals surface area (Å²) in [6, 6.07) is 20.6. The van der Waals surface area contributed by atoms with Gasteiger partial charge in [0.1, 0.15) is 0 Å². The highest BCUT2D eigenvalue weighted by atomic mass is 32.2. The van der Waals surface area contributed by atoms with Crippen LogP contribution in [-0.4, -0.2) is 6.03 Å². The highest BCUT2D eigenvalue weighted by Crippen LogP contribution is 2.30. The largest absolute Gasteiger partial charge is 0.416 e. The minimum absolute atomic E-state index is 0.268. The molecule has 3 aromatic carbocycles. The van der Waals surface area contributed by atoms with Crippen molar-refractivity contribution in [2.75, 3.05) is 15.4 Å². The van der Waals surface area contributed by atoms with Gasteiger partial charge in [0.15, 0.2) is 0 Å². The van der Waals surface area contributed by atoms with E-state index < -0.39 is 17.8 Å². The maximum atomic E-state index is 12.5. The van der Waals surface area contributed by atoms with Gasteiger partial charge in [-0.1, -0.05) is 18.2 Å². The number of nitrogens with one attached hydrogen (secondary N) is 3. The van der Waals surface area contributed by atoms with Crippen LogP contribution in [0.1, 0.15) is 5.56 Å². The summed E-state index contributed by atoms with van der Waals surface area (Å²) >= 11 is 1.44. The third-order valence-corrected chi connectivity index (χ3v) is 4.49. The zero-order valence-corrected chi connectivity index (χ0v) is 15.3. The summed E-state index contributed by atoms with van der Waals surface area (Å²) < 4.78 is 40.8. The number of hydrogen-bond donors (Lipinski definition) is 3. The summed E-state index contributed by atoms with van der Waals surface area (Å²) in [7, 11) is 0. The van der Waals surface area contributed by atoms with E-state index in [1.54, 1.807) is 12.1 Å². The molecule has 3 aromatic rings. The topological polar surface area (TPSA) is 53.2 Å². The summed E-state index contributed by atoms with van der Waals surface area (Å²) in [4.78, 5) is 13.0. The molecule has 28 heavy (non-hydrogen) atoms. The first-order valence-electron chi connectivity index (χ1n) is 8.23. The summed E-state index contributed by atoms with van der Waals surface area (Å²) in [5.41, 5.74) is 1.04. The maximum absolute atomic E-state index is 12.5. The molecule has 8 heteroatoms. The van der Waals surface area contributed by atoms with E-state index in [9.17, 15) is 18.0 Å². The lowest BCUT2D eigenvalue weighted by molar-refractivity contribution is -0.137. The molecule has 0 bridgehead atoms. The minimum atomic E-state index is -4.41. The van der Waals surface area contributed by atoms with E-state index in [1.807, 2.05) is 42.5 Å². The second-order valence-corrected chi connectivity index (χ2v) is 6.63. The Morgan fingerprint density at radius 3 is 1.79 bits per heavy atom. The summed E-state index contributed by atoms with van der Waals surface area (Å²) in [6.07, 6.45) is -4.41. The van der Waals surface area contributed by atoms with E-state index in [0.29, 0.717) is 5.69 Å². The number of carbonyl (C=O) groups is 1. The first-order valence-corrected chi connectivity index (χ1v) is 9.05. The number of hydrogen-bond acceptors (Lipinski definition) is 3. The third-order valence-electron chi connectivity index (χ3n) is 3.64. The molecule has 0 unspecified atom stereocenters. The minimum Gasteiger partial charge on any atom is -0.326 e. The van der Waals surface area contributed by atoms with Gasteiger partial charge in [-0.15, -0.1) is 0 Å². The quantitative estimate of drug-likeness (QED) is 0.428. The molecule has 0 saturated carbocycles. The fourth-order valence-electron chi connectivity index (χ4n) is 2.27. The smallest absolute Gasteiger partial charge is 0.326 e. The van der Waals surface area contributed by atoms with Crippen molar-refractivity contribution in [3.05, 3.63) is 84.4 Å². The predicted octanol–water partition coefficient (Wildman–Crippen LogP) is 6.47. The maximum Gasteiger partial charge on any atom is 0.416 e. The van der Waals surface area contributed by atoms with Crippen molar-refractivity contribution in [2.24, 2.45) is 0 Å². The number of urea groups is 1. The van der Waals surface area contributed by atoms with Gasteiger partial charge >= 0.3 is 12.2 Å². The van der Waals surface area contributed by atoms with Crippen LogP contribution in [0, 0.1) is 0 Å². The van der Waals surface area contributed by atoms with Crippen molar-refractivity contribution in [2.45, 2.75) is 11.1 Å². The monoisotopic (exact) mass is 403 g/mol. The SMILES string of the molecule is O=C(Nc1ccc(SNc2ccccc2)cc1)Nc1ccc(C(F)(F)F)cc1. The summed E-state index contributed by atoms with van der Waals surface area (Å²) in [5.74, 6) is 0. The van der Waals surface area contributed by atoms with Crippen molar-refractivity contribution < 1.29 is 18.0 Å². The van der Waals surface area contributed by atoms with Crippen LogP contribution in [0.3, 0.4) is 0 Å². The molecule has 3 N–H and O–H groups in total. The molecular formula is C20H16F3N3OS. The Hall–Kier alpha value is -3.13. The van der Waals surface area contributed by atoms with Crippen LogP contribution < -0.4 is 15.4 Å². The van der Waals surface area contributed by atoms with Crippen molar-refractivity contribution in [1.82, 2.24) is 0 Å². The molecule has 0 spiro atoms. The van der Waals surface area contributed by atoms with Gasteiger partial charge in [0, 0.05) is 22.0 Å². The van der Waals surface area contributed by atoms with E-state index in [-0.39, 0.29) is 5.69 Å². The molecule has 0 atom stereocenters. The summed E-state index contributed by atoms with van der Waals surface area (Å²) in [5, 5.41) is 5.13. The van der Waals surface area contributed by atoms with Gasteiger partial charge in [0.2, 0.25) is 0 Å². The molecular weight excluding hydrogens is 387 g/mol. The van der Waals surface area contributed by atoms with Crippen molar-refractivity contribution in [1.29, 1.82) is 0 Å². The zero-order chi connectivity index (χ0) is 20.0. The van der Waals surface area contributed by atoms with Gasteiger partial charge < -0.3 is 15.4 Å². The lowest BCUT2D eigenvalue weighted by Gasteiger charge is -2.10. The number of anilines is 3. The normalized spacial score (nSPS) is 11.0. The molecule has 144 valence electrons. The lowest BCUT2D eigenvalue weighted by Crippen LogP contribution is -2.19. The Labute approximate surface area is 164 Å². The van der Waals surface area contributed by atoms with Gasteiger partial charge in [-0.05, 0) is 72.6 Å². The zero-order valence-electron chi connectivity index (χ0n) is 14.5. The van der Waals surface area contributed by atoms with Crippen molar-refractivity contribution in [3.8, 4) is 0 Å². The number of halogens is 3. The number of carbonyl (C=O) groups excluding carboxylic acids is 1. The van der Waals surface area contributed by atoms with Crippen LogP contribution in [0.2, 0.25) is 0 Å². The van der Waals surface area contributed by atoms with Gasteiger partial charge in [-0.3, -0.25) is 0 Å². The van der Waals surface area contributed by atoms with Gasteiger partial charge in [-0.2, -0.15) is 13.2 Å². The van der Waals surface area contributed by atoms with Gasteiger partial charge in [0.05, 0.1) is 5.56 Å². The van der Waals surface area contributed by atoms with Crippen molar-refractivity contribution >= 4 is 35.0 Å². The van der Waals surface area contributed by atoms with Crippen LogP contribution in [0.15, 0.2) is 83.8 Å². The van der Waals surface area contributed by atoms with Crippen molar-refractivity contribution in [3.63, 3.8) is 0 Å². The first-order chi connectivity index (χ1) is 13.4. The Balaban J connectivity index is 1.51. The fraction of sp³-hybridized carbons (Fsp3) is 0.0500. The number of para-hydroxylation sites is 1. The molecule has 0 radical (unpaired) electrons. The lowest BCUT2D eigenvalue weighted by atomic mass is 10.2. The average molecular weight is 403 g/mol. The third kappa shape index (κ3) is 5.68. The number of amides is 2. The predicted molar refractivity (Wildman–Crippen MR) is 106 cm³/mol. The molecule has 0 saturated heterocycles. The van der Waals surface area contributed by atoms with Crippen LogP contribution in [0.25, 0.3) is 0 Å². The van der Waals surface area contributed by atoms with Crippen LogP contribution in [-0.2, 0) is 6.18 Å². The molecule has 4 nitrogen and oxygen atoms in total. The molecule has 0 heterocycles. The second-order valence-electron chi connectivity index (χ2n) is 5.75. The van der Waals surface area contributed by atoms with E-state index in [2.05, 4.69) is 15.4 Å². The molecule has 0 aromatic heterocycles. The Kier molecular flexibility index (Phi) is 6.10. The molecule has 0 aliphatic carbocycles. The molecule has 0 fully saturated rings. The molecule has 3 rings (SSSR count). The highest BCUT2D eigenvalue weighted by molar-refractivity contribution is 8.00. The first kappa shape index (κ1) is 19.6. The Morgan fingerprint density at radius 2 is 1.25 bits per heavy atom. The van der Waals surface area contributed by atoms with Gasteiger partial charge in [-0.25, -0.2) is 4.79 Å².